The highest BCUT2D eigenvalue weighted by atomic mass is 16.2. The average molecular weight is 579 g/mol. The van der Waals surface area contributed by atoms with E-state index >= 15 is 0 Å². The minimum absolute atomic E-state index is 0.0344. The van der Waals surface area contributed by atoms with Crippen LogP contribution in [-0.2, 0) is 11.3 Å². The second-order valence-corrected chi connectivity index (χ2v) is 12.1. The van der Waals surface area contributed by atoms with Crippen molar-refractivity contribution >= 4 is 28.3 Å². The Balaban J connectivity index is 1.32. The molecule has 2 N–H and O–H groups in total. The molecule has 2 aliphatic rings. The summed E-state index contributed by atoms with van der Waals surface area (Å²) in [6.07, 6.45) is 0. The van der Waals surface area contributed by atoms with Gasteiger partial charge >= 0.3 is 0 Å². The molecule has 6 rings (SSSR count). The maximum absolute atomic E-state index is 13.4. The monoisotopic (exact) mass is 578 g/mol. The maximum atomic E-state index is 13.4. The largest absolute Gasteiger partial charge is 0.377 e. The number of carbonyl (C=O) groups is 2. The quantitative estimate of drug-likeness (QED) is 0.355. The molecule has 4 aromatic rings. The second-order valence-electron chi connectivity index (χ2n) is 12.1. The minimum atomic E-state index is -0.219. The van der Waals surface area contributed by atoms with Gasteiger partial charge < -0.3 is 20.0 Å². The van der Waals surface area contributed by atoms with Crippen molar-refractivity contribution in [1.82, 2.24) is 24.9 Å². The number of carbonyl (C=O) groups excluding carboxylic acids is 2. The zero-order chi connectivity index (χ0) is 30.2. The highest BCUT2D eigenvalue weighted by Crippen LogP contribution is 2.46. The molecule has 1 saturated heterocycles. The molecule has 9 nitrogen and oxygen atoms in total. The minimum Gasteiger partial charge on any atom is -0.377 e. The van der Waals surface area contributed by atoms with Gasteiger partial charge in [-0.15, -0.1) is 0 Å². The number of benzene rings is 3. The van der Waals surface area contributed by atoms with Crippen molar-refractivity contribution in [2.75, 3.05) is 45.6 Å². The number of H-pyrrole nitrogens is 1. The van der Waals surface area contributed by atoms with Gasteiger partial charge in [-0.2, -0.15) is 5.10 Å². The third-order valence-electron chi connectivity index (χ3n) is 8.51. The molecule has 2 aliphatic heterocycles. The first-order valence-corrected chi connectivity index (χ1v) is 14.9. The zero-order valence-corrected chi connectivity index (χ0v) is 25.1. The molecule has 0 radical (unpaired) electrons. The van der Waals surface area contributed by atoms with Gasteiger partial charge in [0.1, 0.15) is 0 Å². The molecule has 43 heavy (non-hydrogen) atoms. The Morgan fingerprint density at radius 2 is 1.56 bits per heavy atom. The normalized spacial score (nSPS) is 18.3. The Labute approximate surface area is 251 Å². The summed E-state index contributed by atoms with van der Waals surface area (Å²) in [7, 11) is 4.11. The number of aromatic nitrogens is 2. The predicted molar refractivity (Wildman–Crippen MR) is 168 cm³/mol. The summed E-state index contributed by atoms with van der Waals surface area (Å²) in [6, 6.07) is 21.9. The lowest BCUT2D eigenvalue weighted by molar-refractivity contribution is -0.135. The van der Waals surface area contributed by atoms with Crippen molar-refractivity contribution in [1.29, 1.82) is 0 Å². The average Bonchev–Trinajstić information content (AvgIpc) is 3.02. The van der Waals surface area contributed by atoms with Gasteiger partial charge in [-0.3, -0.25) is 14.4 Å². The third kappa shape index (κ3) is 5.52. The van der Waals surface area contributed by atoms with Gasteiger partial charge in [0.15, 0.2) is 0 Å². The molecule has 1 aromatic heterocycles. The Morgan fingerprint density at radius 3 is 2.21 bits per heavy atom. The van der Waals surface area contributed by atoms with E-state index in [2.05, 4.69) is 58.8 Å². The number of aromatic amines is 1. The number of rotatable bonds is 6. The summed E-state index contributed by atoms with van der Waals surface area (Å²) in [5.41, 5.74) is 5.40. The number of hydrogen-bond donors (Lipinski definition) is 2. The molecule has 9 heteroatoms. The molecule has 0 aliphatic carbocycles. The number of piperazine rings is 1. The van der Waals surface area contributed by atoms with E-state index in [1.165, 1.54) is 5.56 Å². The summed E-state index contributed by atoms with van der Waals surface area (Å²) in [5.74, 6) is -0.156. The van der Waals surface area contributed by atoms with Crippen LogP contribution >= 0.6 is 0 Å². The van der Waals surface area contributed by atoms with E-state index in [1.807, 2.05) is 66.1 Å². The van der Waals surface area contributed by atoms with Gasteiger partial charge in [-0.05, 0) is 55.1 Å². The van der Waals surface area contributed by atoms with E-state index in [4.69, 9.17) is 0 Å². The number of amides is 2. The number of anilines is 1. The van der Waals surface area contributed by atoms with E-state index in [0.717, 1.165) is 34.4 Å². The van der Waals surface area contributed by atoms with Crippen molar-refractivity contribution in [2.24, 2.45) is 5.92 Å². The lowest BCUT2D eigenvalue weighted by atomic mass is 9.79. The van der Waals surface area contributed by atoms with Crippen molar-refractivity contribution < 1.29 is 9.59 Å². The van der Waals surface area contributed by atoms with Crippen LogP contribution in [0.2, 0.25) is 0 Å². The molecule has 0 spiro atoms. The molecule has 3 aromatic carbocycles. The van der Waals surface area contributed by atoms with Crippen LogP contribution in [0.3, 0.4) is 0 Å². The van der Waals surface area contributed by atoms with Crippen LogP contribution in [0.1, 0.15) is 58.5 Å². The molecular weight excluding hydrogens is 540 g/mol. The van der Waals surface area contributed by atoms with E-state index in [9.17, 15) is 14.4 Å². The summed E-state index contributed by atoms with van der Waals surface area (Å²) in [6.45, 7) is 6.81. The van der Waals surface area contributed by atoms with Crippen molar-refractivity contribution in [3.63, 3.8) is 0 Å². The highest BCUT2D eigenvalue weighted by molar-refractivity contribution is 5.97. The van der Waals surface area contributed by atoms with Crippen LogP contribution in [0.25, 0.3) is 10.8 Å². The molecule has 3 heterocycles. The molecule has 1 fully saturated rings. The van der Waals surface area contributed by atoms with Gasteiger partial charge in [-0.25, -0.2) is 5.10 Å². The molecule has 2 unspecified atom stereocenters. The first-order valence-electron chi connectivity index (χ1n) is 14.9. The maximum Gasteiger partial charge on any atom is 0.272 e. The van der Waals surface area contributed by atoms with E-state index in [-0.39, 0.29) is 35.3 Å². The van der Waals surface area contributed by atoms with Crippen LogP contribution in [0.15, 0.2) is 71.5 Å². The number of nitrogens with zero attached hydrogens (tertiary/aromatic N) is 4. The second kappa shape index (κ2) is 11.6. The van der Waals surface area contributed by atoms with Crippen LogP contribution in [0, 0.1) is 5.92 Å². The molecular formula is C34H38N6O3. The van der Waals surface area contributed by atoms with Crippen molar-refractivity contribution in [3.8, 4) is 0 Å². The van der Waals surface area contributed by atoms with E-state index in [1.54, 1.807) is 0 Å². The summed E-state index contributed by atoms with van der Waals surface area (Å²) < 4.78 is 0. The first-order chi connectivity index (χ1) is 20.7. The van der Waals surface area contributed by atoms with Gasteiger partial charge in [0.05, 0.1) is 23.0 Å². The lowest BCUT2D eigenvalue weighted by Gasteiger charge is -2.36. The fourth-order valence-corrected chi connectivity index (χ4v) is 6.33. The zero-order valence-electron chi connectivity index (χ0n) is 25.1. The van der Waals surface area contributed by atoms with E-state index < -0.39 is 0 Å². The van der Waals surface area contributed by atoms with Gasteiger partial charge in [0.25, 0.3) is 11.5 Å². The van der Waals surface area contributed by atoms with Crippen LogP contribution in [0.4, 0.5) is 5.69 Å². The van der Waals surface area contributed by atoms with Crippen LogP contribution < -0.4 is 10.9 Å². The van der Waals surface area contributed by atoms with Gasteiger partial charge in [0, 0.05) is 55.3 Å². The molecule has 0 saturated carbocycles. The molecule has 2 amide bonds. The smallest absolute Gasteiger partial charge is 0.272 e. The fraction of sp³-hybridized carbons (Fsp3) is 0.353. The van der Waals surface area contributed by atoms with Crippen LogP contribution in [0.5, 0.6) is 0 Å². The van der Waals surface area contributed by atoms with Crippen LogP contribution in [-0.4, -0.2) is 77.0 Å². The summed E-state index contributed by atoms with van der Waals surface area (Å²) >= 11 is 0. The Morgan fingerprint density at radius 1 is 0.907 bits per heavy atom. The van der Waals surface area contributed by atoms with Crippen molar-refractivity contribution in [2.45, 2.75) is 32.4 Å². The molecule has 2 atom stereocenters. The van der Waals surface area contributed by atoms with Gasteiger partial charge in [0.2, 0.25) is 5.91 Å². The lowest BCUT2D eigenvalue weighted by Crippen LogP contribution is -2.51. The SMILES string of the molecule is CC(C)C(=O)N1CCN(C(=O)c2ccc(C3c4n[nH]c(=O)c5cccc(c45)NC3c3ccc(CN(C)C)cc3)cc2)CC1. The molecule has 0 bridgehead atoms. The van der Waals surface area contributed by atoms with Gasteiger partial charge in [-0.1, -0.05) is 56.3 Å². The Bertz CT molecular complexity index is 1700. The fourth-order valence-electron chi connectivity index (χ4n) is 6.33. The number of nitrogens with one attached hydrogen (secondary N) is 2. The Hall–Kier alpha value is -4.50. The first kappa shape index (κ1) is 28.6. The summed E-state index contributed by atoms with van der Waals surface area (Å²) in [5, 5.41) is 12.5. The molecule has 222 valence electrons. The van der Waals surface area contributed by atoms with E-state index in [0.29, 0.717) is 37.1 Å². The summed E-state index contributed by atoms with van der Waals surface area (Å²) in [4.78, 5) is 44.3. The van der Waals surface area contributed by atoms with Crippen molar-refractivity contribution in [3.05, 3.63) is 105 Å². The topological polar surface area (TPSA) is 102 Å². The highest BCUT2D eigenvalue weighted by Gasteiger charge is 2.35. The number of hydrogen-bond acceptors (Lipinski definition) is 6. The standard InChI is InChI=1S/C34H38N6O3/c1-21(2)33(42)39-16-18-40(19-17-39)34(43)25-14-12-23(13-15-25)28-30(24-10-8-22(9-11-24)20-38(3)4)35-27-7-5-6-26-29(27)31(28)36-37-32(26)41/h5-15,21,28,30,35H,16-20H2,1-4H3,(H,37,41). The third-order valence-corrected chi connectivity index (χ3v) is 8.51. The Kier molecular flexibility index (Phi) is 7.75. The predicted octanol–water partition coefficient (Wildman–Crippen LogP) is 4.22.